The SMILES string of the molecule is NNC(Cc1ccc(F)c(F)c1)c1ncccc1F. The van der Waals surface area contributed by atoms with Gasteiger partial charge in [-0.15, -0.1) is 0 Å². The van der Waals surface area contributed by atoms with Crippen molar-refractivity contribution < 1.29 is 13.2 Å². The van der Waals surface area contributed by atoms with Crippen LogP contribution in [-0.4, -0.2) is 4.98 Å². The molecule has 0 aliphatic carbocycles. The Morgan fingerprint density at radius 2 is 1.89 bits per heavy atom. The highest BCUT2D eigenvalue weighted by Crippen LogP contribution is 2.19. The van der Waals surface area contributed by atoms with Gasteiger partial charge >= 0.3 is 0 Å². The number of pyridine rings is 1. The molecule has 2 rings (SSSR count). The summed E-state index contributed by atoms with van der Waals surface area (Å²) in [5, 5.41) is 0. The predicted octanol–water partition coefficient (Wildman–Crippen LogP) is 2.25. The zero-order valence-corrected chi connectivity index (χ0v) is 9.91. The monoisotopic (exact) mass is 267 g/mol. The lowest BCUT2D eigenvalue weighted by molar-refractivity contribution is 0.486. The van der Waals surface area contributed by atoms with E-state index in [4.69, 9.17) is 5.84 Å². The number of aromatic nitrogens is 1. The average molecular weight is 267 g/mol. The first-order valence-electron chi connectivity index (χ1n) is 5.62. The molecule has 0 saturated heterocycles. The highest BCUT2D eigenvalue weighted by Gasteiger charge is 2.17. The summed E-state index contributed by atoms with van der Waals surface area (Å²) in [6, 6.07) is 5.60. The Morgan fingerprint density at radius 3 is 2.53 bits per heavy atom. The average Bonchev–Trinajstić information content (AvgIpc) is 2.41. The Morgan fingerprint density at radius 1 is 1.11 bits per heavy atom. The van der Waals surface area contributed by atoms with Gasteiger partial charge in [-0.3, -0.25) is 16.3 Å². The normalized spacial score (nSPS) is 12.4. The molecule has 1 unspecified atom stereocenters. The van der Waals surface area contributed by atoms with Crippen LogP contribution in [0.5, 0.6) is 0 Å². The summed E-state index contributed by atoms with van der Waals surface area (Å²) in [7, 11) is 0. The van der Waals surface area contributed by atoms with Crippen molar-refractivity contribution in [1.29, 1.82) is 0 Å². The second-order valence-corrected chi connectivity index (χ2v) is 4.04. The van der Waals surface area contributed by atoms with E-state index in [9.17, 15) is 13.2 Å². The zero-order chi connectivity index (χ0) is 13.8. The van der Waals surface area contributed by atoms with Crippen molar-refractivity contribution in [3.8, 4) is 0 Å². The number of nitrogens with one attached hydrogen (secondary N) is 1. The maximum absolute atomic E-state index is 13.6. The molecule has 19 heavy (non-hydrogen) atoms. The molecule has 0 fully saturated rings. The minimum absolute atomic E-state index is 0.134. The lowest BCUT2D eigenvalue weighted by Gasteiger charge is -2.16. The highest BCUT2D eigenvalue weighted by molar-refractivity contribution is 5.21. The van der Waals surface area contributed by atoms with Gasteiger partial charge in [0.15, 0.2) is 11.6 Å². The van der Waals surface area contributed by atoms with E-state index in [-0.39, 0.29) is 12.1 Å². The summed E-state index contributed by atoms with van der Waals surface area (Å²) in [6.45, 7) is 0. The quantitative estimate of drug-likeness (QED) is 0.660. The van der Waals surface area contributed by atoms with Crippen molar-refractivity contribution in [3.63, 3.8) is 0 Å². The number of nitrogens with two attached hydrogens (primary N) is 1. The van der Waals surface area contributed by atoms with Crippen molar-refractivity contribution >= 4 is 0 Å². The number of nitrogens with zero attached hydrogens (tertiary/aromatic N) is 1. The Hall–Kier alpha value is -1.92. The molecule has 0 bridgehead atoms. The second-order valence-electron chi connectivity index (χ2n) is 4.04. The van der Waals surface area contributed by atoms with Gasteiger partial charge in [0.25, 0.3) is 0 Å². The fourth-order valence-corrected chi connectivity index (χ4v) is 1.79. The van der Waals surface area contributed by atoms with Gasteiger partial charge in [0, 0.05) is 6.20 Å². The van der Waals surface area contributed by atoms with Crippen LogP contribution in [0.25, 0.3) is 0 Å². The molecular formula is C13H12F3N3. The van der Waals surface area contributed by atoms with Crippen LogP contribution in [0.2, 0.25) is 0 Å². The molecule has 6 heteroatoms. The van der Waals surface area contributed by atoms with Gasteiger partial charge in [0.05, 0.1) is 11.7 Å². The van der Waals surface area contributed by atoms with E-state index in [1.54, 1.807) is 0 Å². The van der Waals surface area contributed by atoms with E-state index in [1.807, 2.05) is 0 Å². The summed E-state index contributed by atoms with van der Waals surface area (Å²) >= 11 is 0. The molecule has 1 aromatic heterocycles. The van der Waals surface area contributed by atoms with Crippen molar-refractivity contribution in [2.45, 2.75) is 12.5 Å². The predicted molar refractivity (Wildman–Crippen MR) is 64.3 cm³/mol. The molecule has 100 valence electrons. The maximum atomic E-state index is 13.6. The minimum atomic E-state index is -0.949. The van der Waals surface area contributed by atoms with Crippen LogP contribution >= 0.6 is 0 Å². The number of rotatable bonds is 4. The van der Waals surface area contributed by atoms with Crippen LogP contribution in [0.4, 0.5) is 13.2 Å². The lowest BCUT2D eigenvalue weighted by atomic mass is 10.0. The first kappa shape index (κ1) is 13.5. The molecule has 0 spiro atoms. The fourth-order valence-electron chi connectivity index (χ4n) is 1.79. The van der Waals surface area contributed by atoms with E-state index in [2.05, 4.69) is 10.4 Å². The second kappa shape index (κ2) is 5.81. The number of benzene rings is 1. The molecule has 0 amide bonds. The third kappa shape index (κ3) is 3.10. The first-order valence-corrected chi connectivity index (χ1v) is 5.62. The summed E-state index contributed by atoms with van der Waals surface area (Å²) in [4.78, 5) is 3.90. The van der Waals surface area contributed by atoms with Crippen molar-refractivity contribution in [1.82, 2.24) is 10.4 Å². The lowest BCUT2D eigenvalue weighted by Crippen LogP contribution is -2.31. The molecule has 1 aromatic carbocycles. The number of hydrogen-bond acceptors (Lipinski definition) is 3. The number of hydrogen-bond donors (Lipinski definition) is 2. The fraction of sp³-hybridized carbons (Fsp3) is 0.154. The van der Waals surface area contributed by atoms with Gasteiger partial charge in [-0.05, 0) is 36.2 Å². The van der Waals surface area contributed by atoms with Gasteiger partial charge in [0.2, 0.25) is 0 Å². The summed E-state index contributed by atoms with van der Waals surface area (Å²) in [6.07, 6.45) is 1.63. The van der Waals surface area contributed by atoms with E-state index < -0.39 is 23.5 Å². The third-order valence-corrected chi connectivity index (χ3v) is 2.74. The molecule has 2 aromatic rings. The molecule has 3 nitrogen and oxygen atoms in total. The third-order valence-electron chi connectivity index (χ3n) is 2.74. The van der Waals surface area contributed by atoms with Crippen LogP contribution in [0.1, 0.15) is 17.3 Å². The van der Waals surface area contributed by atoms with Gasteiger partial charge in [-0.1, -0.05) is 6.07 Å². The largest absolute Gasteiger partial charge is 0.271 e. The van der Waals surface area contributed by atoms with E-state index in [1.165, 1.54) is 24.4 Å². The standard InChI is InChI=1S/C13H12F3N3/c14-9-4-3-8(6-11(9)16)7-12(19-17)13-10(15)2-1-5-18-13/h1-6,12,19H,7,17H2. The van der Waals surface area contributed by atoms with Gasteiger partial charge in [-0.25, -0.2) is 13.2 Å². The van der Waals surface area contributed by atoms with Crippen molar-refractivity contribution in [3.05, 3.63) is 65.2 Å². The smallest absolute Gasteiger partial charge is 0.159 e. The number of hydrazine groups is 1. The molecule has 0 radical (unpaired) electrons. The van der Waals surface area contributed by atoms with Gasteiger partial charge < -0.3 is 0 Å². The molecule has 0 saturated carbocycles. The molecule has 0 aliphatic heterocycles. The number of halogens is 3. The zero-order valence-electron chi connectivity index (χ0n) is 9.91. The van der Waals surface area contributed by atoms with Crippen molar-refractivity contribution in [2.24, 2.45) is 5.84 Å². The van der Waals surface area contributed by atoms with Crippen molar-refractivity contribution in [2.75, 3.05) is 0 Å². The van der Waals surface area contributed by atoms with Crippen LogP contribution in [0.3, 0.4) is 0 Å². The Balaban J connectivity index is 2.24. The van der Waals surface area contributed by atoms with E-state index in [0.717, 1.165) is 12.1 Å². The van der Waals surface area contributed by atoms with E-state index in [0.29, 0.717) is 5.56 Å². The molecule has 1 heterocycles. The van der Waals surface area contributed by atoms with Crippen LogP contribution in [0, 0.1) is 17.5 Å². The topological polar surface area (TPSA) is 50.9 Å². The molecular weight excluding hydrogens is 255 g/mol. The van der Waals surface area contributed by atoms with E-state index >= 15 is 0 Å². The molecule has 1 atom stereocenters. The minimum Gasteiger partial charge on any atom is -0.271 e. The first-order chi connectivity index (χ1) is 9.11. The Bertz CT molecular complexity index is 575. The van der Waals surface area contributed by atoms with Crippen LogP contribution < -0.4 is 11.3 Å². The maximum Gasteiger partial charge on any atom is 0.159 e. The molecule has 3 N–H and O–H groups in total. The summed E-state index contributed by atoms with van der Waals surface area (Å²) in [5.74, 6) is 2.98. The highest BCUT2D eigenvalue weighted by atomic mass is 19.2. The molecule has 0 aliphatic rings. The van der Waals surface area contributed by atoms with Gasteiger partial charge in [-0.2, -0.15) is 0 Å². The van der Waals surface area contributed by atoms with Gasteiger partial charge in [0.1, 0.15) is 5.82 Å². The summed E-state index contributed by atoms with van der Waals surface area (Å²) < 4.78 is 39.5. The Labute approximate surface area is 108 Å². The van der Waals surface area contributed by atoms with Crippen LogP contribution in [0.15, 0.2) is 36.5 Å². The Kier molecular flexibility index (Phi) is 4.13. The summed E-state index contributed by atoms with van der Waals surface area (Å²) in [5.41, 5.74) is 3.05. The van der Waals surface area contributed by atoms with Crippen LogP contribution in [-0.2, 0) is 6.42 Å².